The number of hydrogen-bond donors (Lipinski definition) is 1. The lowest BCUT2D eigenvalue weighted by Gasteiger charge is -2.34. The van der Waals surface area contributed by atoms with Crippen LogP contribution in [0.4, 0.5) is 5.95 Å². The molecular formula is C18H26N8O. The largest absolute Gasteiger partial charge is 0.345 e. The minimum atomic E-state index is -0.0287. The van der Waals surface area contributed by atoms with Crippen LogP contribution in [0.1, 0.15) is 31.6 Å². The van der Waals surface area contributed by atoms with Crippen molar-refractivity contribution >= 4 is 11.9 Å². The predicted molar refractivity (Wildman–Crippen MR) is 100.0 cm³/mol. The standard InChI is InChI=1S/C18H26N8O/c1-2-26-17(21-13-22-26)16(14-4-5-14)23-15(27)12-24-8-10-25(11-9-24)18-19-6-3-7-20-18/h3,6-7,13-14,16H,2,4-5,8-12H2,1H3,(H,23,27)/t16-/m0/s1. The van der Waals surface area contributed by atoms with E-state index in [9.17, 15) is 4.79 Å². The lowest BCUT2D eigenvalue weighted by molar-refractivity contribution is -0.123. The number of aromatic nitrogens is 5. The first-order valence-corrected chi connectivity index (χ1v) is 9.66. The van der Waals surface area contributed by atoms with Crippen molar-refractivity contribution in [3.8, 4) is 0 Å². The van der Waals surface area contributed by atoms with E-state index < -0.39 is 0 Å². The van der Waals surface area contributed by atoms with Crippen molar-refractivity contribution in [1.29, 1.82) is 0 Å². The molecule has 1 aliphatic heterocycles. The molecule has 1 saturated carbocycles. The monoisotopic (exact) mass is 370 g/mol. The summed E-state index contributed by atoms with van der Waals surface area (Å²) in [6.45, 7) is 6.52. The van der Waals surface area contributed by atoms with Gasteiger partial charge in [0.25, 0.3) is 0 Å². The first-order chi connectivity index (χ1) is 13.2. The van der Waals surface area contributed by atoms with Gasteiger partial charge >= 0.3 is 0 Å². The minimum absolute atomic E-state index is 0.0287. The molecule has 2 aromatic heterocycles. The summed E-state index contributed by atoms with van der Waals surface area (Å²) < 4.78 is 1.88. The van der Waals surface area contributed by atoms with Gasteiger partial charge in [-0.2, -0.15) is 5.10 Å². The summed E-state index contributed by atoms with van der Waals surface area (Å²) in [5.74, 6) is 2.17. The number of piperazine rings is 1. The maximum atomic E-state index is 12.7. The molecule has 0 unspecified atom stereocenters. The van der Waals surface area contributed by atoms with Crippen molar-refractivity contribution in [3.63, 3.8) is 0 Å². The summed E-state index contributed by atoms with van der Waals surface area (Å²) in [7, 11) is 0. The number of anilines is 1. The number of hydrogen-bond acceptors (Lipinski definition) is 7. The Bertz CT molecular complexity index is 752. The number of nitrogens with zero attached hydrogens (tertiary/aromatic N) is 7. The molecule has 2 aromatic rings. The Balaban J connectivity index is 1.30. The van der Waals surface area contributed by atoms with E-state index in [1.165, 1.54) is 0 Å². The van der Waals surface area contributed by atoms with E-state index in [0.29, 0.717) is 12.5 Å². The molecule has 0 bridgehead atoms. The van der Waals surface area contributed by atoms with Gasteiger partial charge in [0.05, 0.1) is 12.6 Å². The summed E-state index contributed by atoms with van der Waals surface area (Å²) in [5.41, 5.74) is 0. The Morgan fingerprint density at radius 1 is 1.19 bits per heavy atom. The van der Waals surface area contributed by atoms with Gasteiger partial charge in [0.15, 0.2) is 0 Å². The zero-order chi connectivity index (χ0) is 18.6. The van der Waals surface area contributed by atoms with Gasteiger partial charge in [0, 0.05) is 45.1 Å². The van der Waals surface area contributed by atoms with Crippen LogP contribution in [0.2, 0.25) is 0 Å². The smallest absolute Gasteiger partial charge is 0.234 e. The molecular weight excluding hydrogens is 344 g/mol. The highest BCUT2D eigenvalue weighted by Crippen LogP contribution is 2.40. The molecule has 9 heteroatoms. The Hall–Kier alpha value is -2.55. The van der Waals surface area contributed by atoms with Gasteiger partial charge in [-0.25, -0.2) is 19.6 Å². The Morgan fingerprint density at radius 2 is 1.93 bits per heavy atom. The second-order valence-corrected chi connectivity index (χ2v) is 7.13. The third-order valence-electron chi connectivity index (χ3n) is 5.21. The topological polar surface area (TPSA) is 92.1 Å². The van der Waals surface area contributed by atoms with E-state index in [0.717, 1.165) is 57.3 Å². The average Bonchev–Trinajstić information content (AvgIpc) is 3.44. The molecule has 4 rings (SSSR count). The van der Waals surface area contributed by atoms with Crippen molar-refractivity contribution in [1.82, 2.24) is 34.9 Å². The molecule has 1 amide bonds. The zero-order valence-electron chi connectivity index (χ0n) is 15.7. The first kappa shape index (κ1) is 17.8. The zero-order valence-corrected chi connectivity index (χ0v) is 15.7. The van der Waals surface area contributed by atoms with E-state index >= 15 is 0 Å². The van der Waals surface area contributed by atoms with Crippen LogP contribution in [0.3, 0.4) is 0 Å². The van der Waals surface area contributed by atoms with Crippen LogP contribution in [-0.4, -0.2) is 68.3 Å². The third kappa shape index (κ3) is 4.24. The highest BCUT2D eigenvalue weighted by atomic mass is 16.2. The molecule has 1 N–H and O–H groups in total. The highest BCUT2D eigenvalue weighted by Gasteiger charge is 2.36. The Labute approximate surface area is 158 Å². The van der Waals surface area contributed by atoms with Crippen LogP contribution in [0, 0.1) is 5.92 Å². The van der Waals surface area contributed by atoms with E-state index in [-0.39, 0.29) is 11.9 Å². The molecule has 0 radical (unpaired) electrons. The van der Waals surface area contributed by atoms with Crippen LogP contribution in [0.5, 0.6) is 0 Å². The summed E-state index contributed by atoms with van der Waals surface area (Å²) in [4.78, 5) is 30.0. The fraction of sp³-hybridized carbons (Fsp3) is 0.611. The minimum Gasteiger partial charge on any atom is -0.345 e. The lowest BCUT2D eigenvalue weighted by Crippen LogP contribution is -2.50. The van der Waals surface area contributed by atoms with Gasteiger partial charge in [0.2, 0.25) is 11.9 Å². The fourth-order valence-corrected chi connectivity index (χ4v) is 3.56. The molecule has 1 aliphatic carbocycles. The number of amides is 1. The molecule has 2 fully saturated rings. The highest BCUT2D eigenvalue weighted by molar-refractivity contribution is 5.78. The van der Waals surface area contributed by atoms with Crippen molar-refractivity contribution in [3.05, 3.63) is 30.6 Å². The number of carbonyl (C=O) groups is 1. The van der Waals surface area contributed by atoms with Crippen molar-refractivity contribution in [2.75, 3.05) is 37.6 Å². The van der Waals surface area contributed by atoms with Crippen molar-refractivity contribution < 1.29 is 4.79 Å². The molecule has 0 aromatic carbocycles. The van der Waals surface area contributed by atoms with Crippen LogP contribution in [0.15, 0.2) is 24.8 Å². The summed E-state index contributed by atoms with van der Waals surface area (Å²) in [5, 5.41) is 7.46. The normalized spacial score (nSPS) is 19.1. The van der Waals surface area contributed by atoms with Crippen LogP contribution in [0.25, 0.3) is 0 Å². The second kappa shape index (κ2) is 7.99. The molecule has 2 aliphatic rings. The van der Waals surface area contributed by atoms with Crippen LogP contribution in [-0.2, 0) is 11.3 Å². The summed E-state index contributed by atoms with van der Waals surface area (Å²) in [6.07, 6.45) is 7.37. The fourth-order valence-electron chi connectivity index (χ4n) is 3.56. The van der Waals surface area contributed by atoms with Crippen LogP contribution >= 0.6 is 0 Å². The first-order valence-electron chi connectivity index (χ1n) is 9.66. The van der Waals surface area contributed by atoms with Gasteiger partial charge < -0.3 is 10.2 Å². The lowest BCUT2D eigenvalue weighted by atomic mass is 10.1. The van der Waals surface area contributed by atoms with Crippen LogP contribution < -0.4 is 10.2 Å². The number of nitrogens with one attached hydrogen (secondary N) is 1. The molecule has 27 heavy (non-hydrogen) atoms. The van der Waals surface area contributed by atoms with E-state index in [4.69, 9.17) is 0 Å². The van der Waals surface area contributed by atoms with Gasteiger partial charge in [-0.15, -0.1) is 0 Å². The van der Waals surface area contributed by atoms with Crippen molar-refractivity contribution in [2.24, 2.45) is 5.92 Å². The van der Waals surface area contributed by atoms with E-state index in [1.54, 1.807) is 18.7 Å². The Morgan fingerprint density at radius 3 is 2.59 bits per heavy atom. The van der Waals surface area contributed by atoms with Gasteiger partial charge in [-0.1, -0.05) is 0 Å². The molecule has 144 valence electrons. The molecule has 0 spiro atoms. The molecule has 1 saturated heterocycles. The van der Waals surface area contributed by atoms with Gasteiger partial charge in [0.1, 0.15) is 12.2 Å². The summed E-state index contributed by atoms with van der Waals surface area (Å²) in [6, 6.07) is 1.79. The van der Waals surface area contributed by atoms with Gasteiger partial charge in [-0.3, -0.25) is 9.69 Å². The van der Waals surface area contributed by atoms with E-state index in [2.05, 4.69) is 35.2 Å². The van der Waals surface area contributed by atoms with Crippen molar-refractivity contribution in [2.45, 2.75) is 32.4 Å². The quantitative estimate of drug-likeness (QED) is 0.758. The van der Waals surface area contributed by atoms with Gasteiger partial charge in [-0.05, 0) is 31.7 Å². The molecule has 9 nitrogen and oxygen atoms in total. The summed E-state index contributed by atoms with van der Waals surface area (Å²) >= 11 is 0. The Kier molecular flexibility index (Phi) is 5.28. The number of carbonyl (C=O) groups excluding carboxylic acids is 1. The maximum Gasteiger partial charge on any atom is 0.234 e. The number of aryl methyl sites for hydroxylation is 1. The average molecular weight is 370 g/mol. The molecule has 3 heterocycles. The number of rotatable bonds is 7. The predicted octanol–water partition coefficient (Wildman–Crippen LogP) is 0.478. The third-order valence-corrected chi connectivity index (χ3v) is 5.21. The maximum absolute atomic E-state index is 12.7. The molecule has 1 atom stereocenters. The SMILES string of the molecule is CCn1ncnc1[C@@H](NC(=O)CN1CCN(c2ncccn2)CC1)C1CC1. The van der Waals surface area contributed by atoms with E-state index in [1.807, 2.05) is 17.7 Å². The second-order valence-electron chi connectivity index (χ2n) is 7.13.